The first-order valence-corrected chi connectivity index (χ1v) is 8.66. The van der Waals surface area contributed by atoms with Crippen molar-refractivity contribution < 1.29 is 9.59 Å². The summed E-state index contributed by atoms with van der Waals surface area (Å²) in [5.74, 6) is -0.506. The van der Waals surface area contributed by atoms with Crippen molar-refractivity contribution in [3.63, 3.8) is 0 Å². The first-order valence-electron chi connectivity index (χ1n) is 7.84. The first-order chi connectivity index (χ1) is 11.2. The predicted molar refractivity (Wildman–Crippen MR) is 90.8 cm³/mol. The van der Waals surface area contributed by atoms with Gasteiger partial charge >= 0.3 is 0 Å². The zero-order chi connectivity index (χ0) is 16.1. The number of rotatable bonds is 4. The van der Waals surface area contributed by atoms with Crippen molar-refractivity contribution in [3.8, 4) is 0 Å². The maximum atomic E-state index is 12.0. The molecule has 120 valence electrons. The molecular weight excluding hydrogens is 310 g/mol. The molecule has 2 aromatic rings. The smallest absolute Gasteiger partial charge is 0.251 e. The van der Waals surface area contributed by atoms with E-state index in [0.29, 0.717) is 10.7 Å². The van der Waals surface area contributed by atoms with Gasteiger partial charge < -0.3 is 10.6 Å². The number of nitrogens with zero attached hydrogens (tertiary/aromatic N) is 1. The van der Waals surface area contributed by atoms with Crippen LogP contribution >= 0.6 is 11.3 Å². The van der Waals surface area contributed by atoms with Crippen LogP contribution in [0.3, 0.4) is 0 Å². The molecule has 2 N–H and O–H groups in total. The molecule has 1 aromatic carbocycles. The second-order valence-electron chi connectivity index (χ2n) is 5.55. The third-order valence-electron chi connectivity index (χ3n) is 3.79. The van der Waals surface area contributed by atoms with Crippen LogP contribution in [0.4, 0.5) is 5.13 Å². The maximum absolute atomic E-state index is 12.0. The molecule has 0 saturated carbocycles. The van der Waals surface area contributed by atoms with Gasteiger partial charge in [0.05, 0.1) is 12.2 Å². The van der Waals surface area contributed by atoms with Gasteiger partial charge in [0.15, 0.2) is 5.13 Å². The minimum Gasteiger partial charge on any atom is -0.343 e. The number of hydrogen-bond donors (Lipinski definition) is 2. The Bertz CT molecular complexity index is 674. The number of aromatic nitrogens is 1. The number of anilines is 1. The molecule has 0 atom stereocenters. The van der Waals surface area contributed by atoms with Crippen molar-refractivity contribution in [3.05, 3.63) is 46.5 Å². The van der Waals surface area contributed by atoms with Gasteiger partial charge in [-0.1, -0.05) is 24.6 Å². The number of hydrogen-bond acceptors (Lipinski definition) is 4. The van der Waals surface area contributed by atoms with E-state index >= 15 is 0 Å². The third-order valence-corrected chi connectivity index (χ3v) is 4.86. The number of benzene rings is 1. The molecule has 0 saturated heterocycles. The average molecular weight is 329 g/mol. The maximum Gasteiger partial charge on any atom is 0.251 e. The van der Waals surface area contributed by atoms with Crippen LogP contribution in [-0.2, 0) is 17.6 Å². The van der Waals surface area contributed by atoms with Crippen LogP contribution in [0.15, 0.2) is 30.3 Å². The molecule has 1 aromatic heterocycles. The number of carbonyl (C=O) groups is 2. The number of thiazole rings is 1. The lowest BCUT2D eigenvalue weighted by Gasteiger charge is -2.05. The summed E-state index contributed by atoms with van der Waals surface area (Å²) in [6, 6.07) is 8.85. The molecule has 0 fully saturated rings. The molecule has 0 unspecified atom stereocenters. The van der Waals surface area contributed by atoms with E-state index in [2.05, 4.69) is 15.6 Å². The fraction of sp³-hybridized carbons (Fsp3) is 0.353. The van der Waals surface area contributed by atoms with Gasteiger partial charge in [-0.2, -0.15) is 0 Å². The molecule has 0 radical (unpaired) electrons. The fourth-order valence-electron chi connectivity index (χ4n) is 2.60. The van der Waals surface area contributed by atoms with Crippen molar-refractivity contribution in [2.24, 2.45) is 0 Å². The zero-order valence-electron chi connectivity index (χ0n) is 12.8. The first kappa shape index (κ1) is 15.7. The van der Waals surface area contributed by atoms with Crippen LogP contribution in [0.25, 0.3) is 0 Å². The van der Waals surface area contributed by atoms with Crippen molar-refractivity contribution in [2.75, 3.05) is 11.9 Å². The Balaban J connectivity index is 1.52. The summed E-state index contributed by atoms with van der Waals surface area (Å²) in [7, 11) is 0. The topological polar surface area (TPSA) is 71.1 Å². The van der Waals surface area contributed by atoms with E-state index in [9.17, 15) is 9.59 Å². The van der Waals surface area contributed by atoms with Crippen LogP contribution in [0.2, 0.25) is 0 Å². The van der Waals surface area contributed by atoms with E-state index in [-0.39, 0.29) is 18.4 Å². The van der Waals surface area contributed by atoms with Gasteiger partial charge in [0.2, 0.25) is 5.91 Å². The zero-order valence-corrected chi connectivity index (χ0v) is 13.6. The van der Waals surface area contributed by atoms with E-state index < -0.39 is 0 Å². The minimum atomic E-state index is -0.254. The normalized spacial score (nSPS) is 13.7. The summed E-state index contributed by atoms with van der Waals surface area (Å²) in [5.41, 5.74) is 1.66. The average Bonchev–Trinajstić information content (AvgIpc) is 2.81. The van der Waals surface area contributed by atoms with Gasteiger partial charge in [0.25, 0.3) is 5.91 Å². The Kier molecular flexibility index (Phi) is 5.02. The summed E-state index contributed by atoms with van der Waals surface area (Å²) in [4.78, 5) is 29.7. The standard InChI is InChI=1S/C17H19N3O2S/c21-15(11-18-16(22)12-7-3-1-4-8-12)20-17-19-13-9-5-2-6-10-14(13)23-17/h1,3-4,7-8H,2,5-6,9-11H2,(H,18,22)(H,19,20,21). The van der Waals surface area contributed by atoms with Gasteiger partial charge in [0, 0.05) is 10.4 Å². The number of fused-ring (bicyclic) bond motifs is 1. The van der Waals surface area contributed by atoms with Gasteiger partial charge in [-0.25, -0.2) is 4.98 Å². The molecule has 3 rings (SSSR count). The second-order valence-corrected chi connectivity index (χ2v) is 6.63. The molecule has 0 aliphatic heterocycles. The summed E-state index contributed by atoms with van der Waals surface area (Å²) >= 11 is 1.55. The highest BCUT2D eigenvalue weighted by Gasteiger charge is 2.15. The Labute approximate surface area is 139 Å². The Hall–Kier alpha value is -2.21. The van der Waals surface area contributed by atoms with Gasteiger partial charge in [-0.05, 0) is 37.8 Å². The molecule has 2 amide bonds. The highest BCUT2D eigenvalue weighted by Crippen LogP contribution is 2.28. The lowest BCUT2D eigenvalue weighted by atomic mass is 10.2. The number of carbonyl (C=O) groups excluding carboxylic acids is 2. The Morgan fingerprint density at radius 1 is 1.09 bits per heavy atom. The van der Waals surface area contributed by atoms with E-state index in [1.807, 2.05) is 6.07 Å². The van der Waals surface area contributed by atoms with E-state index in [1.54, 1.807) is 35.6 Å². The summed E-state index contributed by atoms with van der Waals surface area (Å²) in [6.45, 7) is -0.0576. The van der Waals surface area contributed by atoms with Crippen LogP contribution in [-0.4, -0.2) is 23.3 Å². The van der Waals surface area contributed by atoms with Gasteiger partial charge in [-0.15, -0.1) is 11.3 Å². The van der Waals surface area contributed by atoms with E-state index in [4.69, 9.17) is 0 Å². The van der Waals surface area contributed by atoms with Crippen LogP contribution in [0.1, 0.15) is 40.2 Å². The Morgan fingerprint density at radius 3 is 2.70 bits per heavy atom. The number of nitrogens with one attached hydrogen (secondary N) is 2. The third kappa shape index (κ3) is 4.16. The summed E-state index contributed by atoms with van der Waals surface area (Å²) in [5, 5.41) is 6.03. The van der Waals surface area contributed by atoms with Crippen molar-refractivity contribution in [1.82, 2.24) is 10.3 Å². The summed E-state index contributed by atoms with van der Waals surface area (Å²) in [6.07, 6.45) is 5.64. The lowest BCUT2D eigenvalue weighted by molar-refractivity contribution is -0.115. The van der Waals surface area contributed by atoms with Crippen LogP contribution in [0, 0.1) is 0 Å². The van der Waals surface area contributed by atoms with Crippen LogP contribution in [0.5, 0.6) is 0 Å². The van der Waals surface area contributed by atoms with Gasteiger partial charge in [-0.3, -0.25) is 9.59 Å². The van der Waals surface area contributed by atoms with E-state index in [0.717, 1.165) is 25.0 Å². The lowest BCUT2D eigenvalue weighted by Crippen LogP contribution is -2.32. The molecule has 1 aliphatic rings. The predicted octanol–water partition coefficient (Wildman–Crippen LogP) is 2.78. The second kappa shape index (κ2) is 7.37. The SMILES string of the molecule is O=C(CNC(=O)c1ccccc1)Nc1nc2c(s1)CCCCC2. The molecule has 23 heavy (non-hydrogen) atoms. The molecule has 1 aliphatic carbocycles. The van der Waals surface area contributed by atoms with E-state index in [1.165, 1.54) is 17.7 Å². The van der Waals surface area contributed by atoms with Crippen LogP contribution < -0.4 is 10.6 Å². The van der Waals surface area contributed by atoms with Gasteiger partial charge in [0.1, 0.15) is 0 Å². The quantitative estimate of drug-likeness (QED) is 0.847. The summed E-state index contributed by atoms with van der Waals surface area (Å²) < 4.78 is 0. The van der Waals surface area contributed by atoms with Crippen molar-refractivity contribution in [1.29, 1.82) is 0 Å². The Morgan fingerprint density at radius 2 is 1.87 bits per heavy atom. The number of amides is 2. The fourth-order valence-corrected chi connectivity index (χ4v) is 3.66. The largest absolute Gasteiger partial charge is 0.343 e. The minimum absolute atomic E-state index is 0.0576. The highest BCUT2D eigenvalue weighted by atomic mass is 32.1. The molecule has 0 spiro atoms. The number of aryl methyl sites for hydroxylation is 2. The molecule has 0 bridgehead atoms. The highest BCUT2D eigenvalue weighted by molar-refractivity contribution is 7.15. The molecular formula is C17H19N3O2S. The molecule has 5 nitrogen and oxygen atoms in total. The molecule has 1 heterocycles. The molecule has 6 heteroatoms. The van der Waals surface area contributed by atoms with Crippen molar-refractivity contribution in [2.45, 2.75) is 32.1 Å². The van der Waals surface area contributed by atoms with Crippen molar-refractivity contribution >= 4 is 28.3 Å². The monoisotopic (exact) mass is 329 g/mol.